The number of thiocarbonyl (C=S) groups is 1. The minimum atomic E-state index is -0.307. The number of hydrogen-bond donors (Lipinski definition) is 3. The summed E-state index contributed by atoms with van der Waals surface area (Å²) in [7, 11) is 0. The van der Waals surface area contributed by atoms with Crippen LogP contribution in [0.15, 0.2) is 78.9 Å². The summed E-state index contributed by atoms with van der Waals surface area (Å²) in [6, 6.07) is 24.1. The van der Waals surface area contributed by atoms with Gasteiger partial charge in [-0.25, -0.2) is 0 Å². The van der Waals surface area contributed by atoms with Gasteiger partial charge in [0.15, 0.2) is 5.11 Å². The molecule has 0 atom stereocenters. The van der Waals surface area contributed by atoms with E-state index >= 15 is 0 Å². The van der Waals surface area contributed by atoms with E-state index in [1.54, 1.807) is 36.4 Å². The molecule has 6 heteroatoms. The molecule has 0 saturated carbocycles. The summed E-state index contributed by atoms with van der Waals surface area (Å²) >= 11 is 5.29. The Morgan fingerprint density at radius 1 is 0.839 bits per heavy atom. The molecule has 3 N–H and O–H groups in total. The van der Waals surface area contributed by atoms with Gasteiger partial charge in [0.2, 0.25) is 0 Å². The number of benzene rings is 3. The van der Waals surface area contributed by atoms with Gasteiger partial charge in [0.1, 0.15) is 0 Å². The fraction of sp³-hybridized carbons (Fsp3) is 0.160. The summed E-state index contributed by atoms with van der Waals surface area (Å²) in [6.07, 6.45) is 0. The lowest BCUT2D eigenvalue weighted by atomic mass is 10.0. The van der Waals surface area contributed by atoms with Crippen LogP contribution in [0.1, 0.15) is 51.6 Å². The smallest absolute Gasteiger partial charge is 0.257 e. The van der Waals surface area contributed by atoms with Crippen molar-refractivity contribution in [2.75, 3.05) is 5.32 Å². The minimum Gasteiger partial charge on any atom is -0.348 e. The Labute approximate surface area is 187 Å². The predicted octanol–water partition coefficient (Wildman–Crippen LogP) is 4.87. The molecule has 3 aromatic rings. The van der Waals surface area contributed by atoms with Crippen molar-refractivity contribution in [2.24, 2.45) is 0 Å². The Morgan fingerprint density at radius 2 is 1.48 bits per heavy atom. The van der Waals surface area contributed by atoms with E-state index in [4.69, 9.17) is 12.2 Å². The van der Waals surface area contributed by atoms with E-state index in [2.05, 4.69) is 29.8 Å². The molecule has 0 unspecified atom stereocenters. The van der Waals surface area contributed by atoms with Crippen LogP contribution in [0.4, 0.5) is 5.69 Å². The second-order valence-electron chi connectivity index (χ2n) is 7.40. The molecule has 0 aliphatic carbocycles. The molecule has 0 radical (unpaired) electrons. The zero-order valence-corrected chi connectivity index (χ0v) is 18.3. The summed E-state index contributed by atoms with van der Waals surface area (Å²) in [5.74, 6) is -0.145. The van der Waals surface area contributed by atoms with Gasteiger partial charge in [-0.2, -0.15) is 0 Å². The van der Waals surface area contributed by atoms with E-state index in [0.29, 0.717) is 29.3 Å². The Bertz CT molecular complexity index is 1060. The molecule has 31 heavy (non-hydrogen) atoms. The second-order valence-corrected chi connectivity index (χ2v) is 7.81. The number of carbonyl (C=O) groups is 2. The summed E-state index contributed by atoms with van der Waals surface area (Å²) < 4.78 is 0. The van der Waals surface area contributed by atoms with Crippen LogP contribution in [0.5, 0.6) is 0 Å². The van der Waals surface area contributed by atoms with Gasteiger partial charge in [0.25, 0.3) is 11.8 Å². The summed E-state index contributed by atoms with van der Waals surface area (Å²) in [5, 5.41) is 8.65. The molecule has 158 valence electrons. The first-order valence-electron chi connectivity index (χ1n) is 10.1. The van der Waals surface area contributed by atoms with Crippen LogP contribution in [-0.4, -0.2) is 16.9 Å². The highest BCUT2D eigenvalue weighted by atomic mass is 32.1. The first-order chi connectivity index (χ1) is 14.9. The Hall–Kier alpha value is -3.51. The lowest BCUT2D eigenvalue weighted by Gasteiger charge is -2.14. The van der Waals surface area contributed by atoms with E-state index in [0.717, 1.165) is 11.1 Å². The molecule has 5 nitrogen and oxygen atoms in total. The van der Waals surface area contributed by atoms with Crippen molar-refractivity contribution in [3.8, 4) is 0 Å². The van der Waals surface area contributed by atoms with Crippen LogP contribution in [-0.2, 0) is 6.54 Å². The summed E-state index contributed by atoms with van der Waals surface area (Å²) in [6.45, 7) is 4.62. The van der Waals surface area contributed by atoms with Crippen molar-refractivity contribution in [3.05, 3.63) is 101 Å². The first kappa shape index (κ1) is 22.2. The quantitative estimate of drug-likeness (QED) is 0.487. The van der Waals surface area contributed by atoms with E-state index < -0.39 is 0 Å². The third kappa shape index (κ3) is 6.23. The van der Waals surface area contributed by atoms with Gasteiger partial charge in [-0.15, -0.1) is 0 Å². The highest BCUT2D eigenvalue weighted by molar-refractivity contribution is 7.80. The molecular formula is C25H25N3O2S. The van der Waals surface area contributed by atoms with Gasteiger partial charge < -0.3 is 10.6 Å². The van der Waals surface area contributed by atoms with Gasteiger partial charge in [0, 0.05) is 12.1 Å². The maximum absolute atomic E-state index is 12.7. The maximum atomic E-state index is 12.7. The predicted molar refractivity (Wildman–Crippen MR) is 128 cm³/mol. The third-order valence-electron chi connectivity index (χ3n) is 4.78. The van der Waals surface area contributed by atoms with Crippen molar-refractivity contribution < 1.29 is 9.59 Å². The van der Waals surface area contributed by atoms with Crippen LogP contribution in [0, 0.1) is 0 Å². The normalized spacial score (nSPS) is 10.4. The SMILES string of the molecule is CC(C)c1ccc(C(=O)NC(=S)Nc2ccccc2C(=O)NCc2ccccc2)cc1. The first-order valence-corrected chi connectivity index (χ1v) is 10.5. The summed E-state index contributed by atoms with van der Waals surface area (Å²) in [4.78, 5) is 25.2. The lowest BCUT2D eigenvalue weighted by molar-refractivity contribution is 0.0950. The van der Waals surface area contributed by atoms with Crippen LogP contribution >= 0.6 is 12.2 Å². The molecule has 2 amide bonds. The Morgan fingerprint density at radius 3 is 2.16 bits per heavy atom. The number of para-hydroxylation sites is 1. The number of hydrogen-bond acceptors (Lipinski definition) is 3. The molecule has 0 saturated heterocycles. The molecule has 0 bridgehead atoms. The van der Waals surface area contributed by atoms with Crippen molar-refractivity contribution in [2.45, 2.75) is 26.3 Å². The van der Waals surface area contributed by atoms with Gasteiger partial charge >= 0.3 is 0 Å². The second kappa shape index (κ2) is 10.5. The standard InChI is InChI=1S/C25H25N3O2S/c1-17(2)19-12-14-20(15-13-19)23(29)28-25(31)27-22-11-7-6-10-21(22)24(30)26-16-18-8-4-3-5-9-18/h3-15,17H,16H2,1-2H3,(H,26,30)(H2,27,28,29,31). The Balaban J connectivity index is 1.62. The van der Waals surface area contributed by atoms with Gasteiger partial charge in [-0.1, -0.05) is 68.4 Å². The fourth-order valence-corrected chi connectivity index (χ4v) is 3.21. The van der Waals surface area contributed by atoms with Crippen molar-refractivity contribution >= 4 is 34.8 Å². The van der Waals surface area contributed by atoms with E-state index in [9.17, 15) is 9.59 Å². The number of amides is 2. The van der Waals surface area contributed by atoms with Crippen LogP contribution < -0.4 is 16.0 Å². The number of nitrogens with one attached hydrogen (secondary N) is 3. The molecule has 0 aliphatic heterocycles. The van der Waals surface area contributed by atoms with Crippen LogP contribution in [0.2, 0.25) is 0 Å². The molecule has 0 aromatic heterocycles. The van der Waals surface area contributed by atoms with E-state index in [1.807, 2.05) is 42.5 Å². The number of carbonyl (C=O) groups excluding carboxylic acids is 2. The molecule has 0 fully saturated rings. The van der Waals surface area contributed by atoms with Crippen molar-refractivity contribution in [1.82, 2.24) is 10.6 Å². The van der Waals surface area contributed by atoms with Gasteiger partial charge in [-0.05, 0) is 53.5 Å². The van der Waals surface area contributed by atoms with Gasteiger partial charge in [-0.3, -0.25) is 14.9 Å². The molecule has 0 spiro atoms. The molecule has 0 heterocycles. The topological polar surface area (TPSA) is 70.2 Å². The zero-order valence-electron chi connectivity index (χ0n) is 17.5. The minimum absolute atomic E-state index is 0.126. The van der Waals surface area contributed by atoms with Crippen molar-refractivity contribution in [1.29, 1.82) is 0 Å². The van der Waals surface area contributed by atoms with Gasteiger partial charge in [0.05, 0.1) is 11.3 Å². The van der Waals surface area contributed by atoms with Crippen LogP contribution in [0.3, 0.4) is 0 Å². The van der Waals surface area contributed by atoms with Crippen molar-refractivity contribution in [3.63, 3.8) is 0 Å². The monoisotopic (exact) mass is 431 g/mol. The highest BCUT2D eigenvalue weighted by Gasteiger charge is 2.14. The molecule has 0 aliphatic rings. The largest absolute Gasteiger partial charge is 0.348 e. The Kier molecular flexibility index (Phi) is 7.51. The average Bonchev–Trinajstić information content (AvgIpc) is 2.78. The molecule has 3 rings (SSSR count). The highest BCUT2D eigenvalue weighted by Crippen LogP contribution is 2.16. The molecular weight excluding hydrogens is 406 g/mol. The third-order valence-corrected chi connectivity index (χ3v) is 4.99. The van der Waals surface area contributed by atoms with Crippen LogP contribution in [0.25, 0.3) is 0 Å². The number of anilines is 1. The zero-order chi connectivity index (χ0) is 22.2. The van der Waals surface area contributed by atoms with E-state index in [-0.39, 0.29) is 16.9 Å². The average molecular weight is 432 g/mol. The molecule has 3 aromatic carbocycles. The summed E-state index contributed by atoms with van der Waals surface area (Å²) in [5.41, 5.74) is 3.65. The fourth-order valence-electron chi connectivity index (χ4n) is 3.01. The lowest BCUT2D eigenvalue weighted by Crippen LogP contribution is -2.35. The van der Waals surface area contributed by atoms with E-state index in [1.165, 1.54) is 0 Å². The number of rotatable bonds is 6. The maximum Gasteiger partial charge on any atom is 0.257 e.